The quantitative estimate of drug-likeness (QED) is 0.811. The van der Waals surface area contributed by atoms with Crippen LogP contribution in [0.5, 0.6) is 0 Å². The molecule has 0 unspecified atom stereocenters. The molecule has 5 nitrogen and oxygen atoms in total. The van der Waals surface area contributed by atoms with E-state index < -0.39 is 0 Å². The second kappa shape index (κ2) is 8.30. The molecular weight excluding hydrogens is 312 g/mol. The fourth-order valence-corrected chi connectivity index (χ4v) is 3.15. The summed E-state index contributed by atoms with van der Waals surface area (Å²) in [4.78, 5) is 12.4. The van der Waals surface area contributed by atoms with Crippen LogP contribution in [0.3, 0.4) is 0 Å². The van der Waals surface area contributed by atoms with E-state index in [-0.39, 0.29) is 11.9 Å². The molecular formula is C20H31N4O+. The van der Waals surface area contributed by atoms with E-state index in [1.54, 1.807) is 4.68 Å². The van der Waals surface area contributed by atoms with Crippen LogP contribution in [0.4, 0.5) is 5.69 Å². The summed E-state index contributed by atoms with van der Waals surface area (Å²) >= 11 is 0. The van der Waals surface area contributed by atoms with Gasteiger partial charge in [-0.3, -0.25) is 9.48 Å². The Hall–Kier alpha value is -2.14. The Balaban J connectivity index is 2.01. The summed E-state index contributed by atoms with van der Waals surface area (Å²) in [5.41, 5.74) is 5.26. The Morgan fingerprint density at radius 2 is 1.88 bits per heavy atom. The average molecular weight is 343 g/mol. The number of rotatable bonds is 7. The van der Waals surface area contributed by atoms with E-state index in [2.05, 4.69) is 60.8 Å². The standard InChI is InChI=1S/C20H30N4O/c1-7-16-8-10-17(11-9-16)19(13(2)3)21-12-18(25)22-20-14(4)23-24(6)15(20)5/h8-11,13,19,21H,7,12H2,1-6H3,(H,22,25)/p+1/t19-/m1/s1. The first-order chi connectivity index (χ1) is 11.8. The van der Waals surface area contributed by atoms with E-state index in [0.717, 1.165) is 23.5 Å². The lowest BCUT2D eigenvalue weighted by atomic mass is 9.95. The van der Waals surface area contributed by atoms with Crippen molar-refractivity contribution in [1.82, 2.24) is 9.78 Å². The van der Waals surface area contributed by atoms with E-state index in [0.29, 0.717) is 12.5 Å². The molecule has 136 valence electrons. The third-order valence-electron chi connectivity index (χ3n) is 4.82. The molecule has 1 aromatic carbocycles. The second-order valence-corrected chi connectivity index (χ2v) is 7.02. The largest absolute Gasteiger partial charge is 0.332 e. The van der Waals surface area contributed by atoms with Crippen molar-refractivity contribution in [2.75, 3.05) is 11.9 Å². The van der Waals surface area contributed by atoms with Gasteiger partial charge >= 0.3 is 0 Å². The van der Waals surface area contributed by atoms with Gasteiger partial charge in [-0.2, -0.15) is 5.10 Å². The van der Waals surface area contributed by atoms with Crippen molar-refractivity contribution in [2.24, 2.45) is 13.0 Å². The van der Waals surface area contributed by atoms with Gasteiger partial charge in [0.25, 0.3) is 5.91 Å². The van der Waals surface area contributed by atoms with Gasteiger partial charge in [-0.1, -0.05) is 45.0 Å². The van der Waals surface area contributed by atoms with Gasteiger partial charge in [0.2, 0.25) is 0 Å². The Kier molecular flexibility index (Phi) is 6.37. The molecule has 3 N–H and O–H groups in total. The zero-order chi connectivity index (χ0) is 18.6. The Morgan fingerprint density at radius 3 is 2.36 bits per heavy atom. The van der Waals surface area contributed by atoms with Crippen molar-refractivity contribution in [2.45, 2.75) is 47.1 Å². The van der Waals surface area contributed by atoms with E-state index in [4.69, 9.17) is 0 Å². The van der Waals surface area contributed by atoms with Gasteiger partial charge in [0.05, 0.1) is 17.1 Å². The summed E-state index contributed by atoms with van der Waals surface area (Å²) in [5, 5.41) is 9.48. The van der Waals surface area contributed by atoms with Crippen molar-refractivity contribution in [1.29, 1.82) is 0 Å². The highest BCUT2D eigenvalue weighted by Gasteiger charge is 2.21. The third kappa shape index (κ3) is 4.69. The zero-order valence-corrected chi connectivity index (χ0v) is 16.3. The first-order valence-electron chi connectivity index (χ1n) is 9.05. The number of nitrogens with zero attached hydrogens (tertiary/aromatic N) is 2. The second-order valence-electron chi connectivity index (χ2n) is 7.02. The lowest BCUT2D eigenvalue weighted by molar-refractivity contribution is -0.692. The molecule has 0 aliphatic heterocycles. The highest BCUT2D eigenvalue weighted by molar-refractivity contribution is 5.92. The molecule has 0 bridgehead atoms. The first kappa shape index (κ1) is 19.2. The van der Waals surface area contributed by atoms with Crippen molar-refractivity contribution in [3.05, 3.63) is 46.8 Å². The number of hydrogen-bond donors (Lipinski definition) is 2. The van der Waals surface area contributed by atoms with Crippen molar-refractivity contribution in [3.8, 4) is 0 Å². The molecule has 1 amide bonds. The number of anilines is 1. The molecule has 0 radical (unpaired) electrons. The van der Waals surface area contributed by atoms with Crippen LogP contribution in [0.15, 0.2) is 24.3 Å². The van der Waals surface area contributed by atoms with Crippen molar-refractivity contribution < 1.29 is 10.1 Å². The molecule has 2 rings (SSSR count). The Morgan fingerprint density at radius 1 is 1.24 bits per heavy atom. The minimum absolute atomic E-state index is 0.00929. The van der Waals surface area contributed by atoms with Gasteiger partial charge in [0.15, 0.2) is 6.54 Å². The van der Waals surface area contributed by atoms with Crippen molar-refractivity contribution in [3.63, 3.8) is 0 Å². The summed E-state index contributed by atoms with van der Waals surface area (Å²) in [5.74, 6) is 0.456. The molecule has 0 spiro atoms. The highest BCUT2D eigenvalue weighted by Crippen LogP contribution is 2.19. The monoisotopic (exact) mass is 343 g/mol. The number of aromatic nitrogens is 2. The molecule has 25 heavy (non-hydrogen) atoms. The molecule has 0 saturated heterocycles. The van der Waals surface area contributed by atoms with Gasteiger partial charge in [0, 0.05) is 18.5 Å². The molecule has 0 fully saturated rings. The van der Waals surface area contributed by atoms with Gasteiger partial charge in [0.1, 0.15) is 6.04 Å². The lowest BCUT2D eigenvalue weighted by Crippen LogP contribution is -2.88. The van der Waals surface area contributed by atoms with E-state index in [9.17, 15) is 4.79 Å². The van der Waals surface area contributed by atoms with E-state index in [1.807, 2.05) is 20.9 Å². The number of hydrogen-bond acceptors (Lipinski definition) is 2. The molecule has 5 heteroatoms. The zero-order valence-electron chi connectivity index (χ0n) is 16.3. The summed E-state index contributed by atoms with van der Waals surface area (Å²) in [6.07, 6.45) is 1.04. The minimum atomic E-state index is 0.00929. The number of benzene rings is 1. The maximum absolute atomic E-state index is 12.4. The minimum Gasteiger partial charge on any atom is -0.332 e. The number of carbonyl (C=O) groups excluding carboxylic acids is 1. The third-order valence-corrected chi connectivity index (χ3v) is 4.82. The van der Waals surface area contributed by atoms with Crippen LogP contribution in [0.2, 0.25) is 0 Å². The number of quaternary nitrogens is 1. The molecule has 0 saturated carbocycles. The van der Waals surface area contributed by atoms with Gasteiger partial charge in [-0.05, 0) is 25.8 Å². The topological polar surface area (TPSA) is 63.5 Å². The summed E-state index contributed by atoms with van der Waals surface area (Å²) < 4.78 is 1.79. The fourth-order valence-electron chi connectivity index (χ4n) is 3.15. The predicted molar refractivity (Wildman–Crippen MR) is 102 cm³/mol. The van der Waals surface area contributed by atoms with Crippen LogP contribution < -0.4 is 10.6 Å². The van der Waals surface area contributed by atoms with Crippen LogP contribution in [-0.2, 0) is 18.3 Å². The Labute approximate surface area is 150 Å². The maximum atomic E-state index is 12.4. The predicted octanol–water partition coefficient (Wildman–Crippen LogP) is 2.50. The number of nitrogens with two attached hydrogens (primary N) is 1. The maximum Gasteiger partial charge on any atom is 0.279 e. The number of amides is 1. The normalized spacial score (nSPS) is 12.4. The average Bonchev–Trinajstić information content (AvgIpc) is 2.81. The van der Waals surface area contributed by atoms with Gasteiger partial charge in [-0.25, -0.2) is 0 Å². The van der Waals surface area contributed by atoms with Crippen LogP contribution >= 0.6 is 0 Å². The highest BCUT2D eigenvalue weighted by atomic mass is 16.1. The fraction of sp³-hybridized carbons (Fsp3) is 0.500. The van der Waals surface area contributed by atoms with E-state index in [1.165, 1.54) is 11.1 Å². The van der Waals surface area contributed by atoms with Gasteiger partial charge < -0.3 is 10.6 Å². The van der Waals surface area contributed by atoms with Crippen molar-refractivity contribution >= 4 is 11.6 Å². The Bertz CT molecular complexity index is 716. The van der Waals surface area contributed by atoms with Crippen LogP contribution in [0, 0.1) is 19.8 Å². The van der Waals surface area contributed by atoms with E-state index >= 15 is 0 Å². The SMILES string of the molecule is CCc1ccc([C@H]([NH2+]CC(=O)Nc2c(C)nn(C)c2C)C(C)C)cc1. The molecule has 1 heterocycles. The number of aryl methyl sites for hydroxylation is 3. The summed E-state index contributed by atoms with van der Waals surface area (Å²) in [6, 6.07) is 9.01. The lowest BCUT2D eigenvalue weighted by Gasteiger charge is -2.20. The smallest absolute Gasteiger partial charge is 0.279 e. The molecule has 1 aromatic heterocycles. The first-order valence-corrected chi connectivity index (χ1v) is 9.05. The number of nitrogens with one attached hydrogen (secondary N) is 1. The summed E-state index contributed by atoms with van der Waals surface area (Å²) in [6.45, 7) is 10.8. The van der Waals surface area contributed by atoms with Crippen LogP contribution in [-0.4, -0.2) is 22.2 Å². The molecule has 1 atom stereocenters. The summed E-state index contributed by atoms with van der Waals surface area (Å²) in [7, 11) is 1.89. The molecule has 2 aromatic rings. The molecule has 0 aliphatic rings. The molecule has 0 aliphatic carbocycles. The van der Waals surface area contributed by atoms with Gasteiger partial charge in [-0.15, -0.1) is 0 Å². The van der Waals surface area contributed by atoms with Crippen LogP contribution in [0.25, 0.3) is 0 Å². The van der Waals surface area contributed by atoms with Crippen LogP contribution in [0.1, 0.15) is 49.3 Å². The number of carbonyl (C=O) groups is 1.